The quantitative estimate of drug-likeness (QED) is 0.903. The molecule has 102 valence electrons. The van der Waals surface area contributed by atoms with Gasteiger partial charge in [0.1, 0.15) is 0 Å². The number of nitrogens with zero attached hydrogens (tertiary/aromatic N) is 2. The first kappa shape index (κ1) is 17.2. The lowest BCUT2D eigenvalue weighted by molar-refractivity contribution is 0.0776. The highest BCUT2D eigenvalue weighted by Gasteiger charge is 2.35. The maximum atomic E-state index is 12.1. The number of pyridine rings is 1. The van der Waals surface area contributed by atoms with Gasteiger partial charge in [-0.05, 0) is 30.5 Å². The number of carbonyl (C=O) groups is 1. The summed E-state index contributed by atoms with van der Waals surface area (Å²) >= 11 is 0. The first-order valence-corrected chi connectivity index (χ1v) is 5.54. The van der Waals surface area contributed by atoms with Crippen LogP contribution in [0.4, 0.5) is 0 Å². The molecular formula is C12H19Cl2N3O. The van der Waals surface area contributed by atoms with Crippen LogP contribution in [0.15, 0.2) is 24.5 Å². The van der Waals surface area contributed by atoms with Crippen LogP contribution in [-0.2, 0) is 0 Å². The number of carbonyl (C=O) groups excluding carboxylic acids is 1. The second-order valence-corrected chi connectivity index (χ2v) is 4.73. The zero-order valence-corrected chi connectivity index (χ0v) is 12.0. The van der Waals surface area contributed by atoms with Gasteiger partial charge in [0.15, 0.2) is 0 Å². The summed E-state index contributed by atoms with van der Waals surface area (Å²) in [6, 6.07) is 3.58. The van der Waals surface area contributed by atoms with E-state index in [2.05, 4.69) is 11.9 Å². The Bertz CT molecular complexity index is 388. The molecule has 0 saturated carbocycles. The largest absolute Gasteiger partial charge is 0.338 e. The topological polar surface area (TPSA) is 59.2 Å². The minimum atomic E-state index is 0. The molecule has 1 unspecified atom stereocenters. The zero-order valence-electron chi connectivity index (χ0n) is 10.3. The summed E-state index contributed by atoms with van der Waals surface area (Å²) in [6.07, 6.45) is 4.26. The highest BCUT2D eigenvalue weighted by Crippen LogP contribution is 2.29. The van der Waals surface area contributed by atoms with Gasteiger partial charge in [-0.2, -0.15) is 0 Å². The smallest absolute Gasteiger partial charge is 0.255 e. The summed E-state index contributed by atoms with van der Waals surface area (Å²) in [5.74, 6) is 0.0604. The van der Waals surface area contributed by atoms with Crippen molar-refractivity contribution >= 4 is 30.7 Å². The number of likely N-dealkylation sites (tertiary alicyclic amines) is 1. The predicted octanol–water partition coefficient (Wildman–Crippen LogP) is 1.74. The molecule has 18 heavy (non-hydrogen) atoms. The summed E-state index contributed by atoms with van der Waals surface area (Å²) < 4.78 is 0. The van der Waals surface area contributed by atoms with Crippen LogP contribution in [0.25, 0.3) is 0 Å². The van der Waals surface area contributed by atoms with Gasteiger partial charge in [0.05, 0.1) is 5.56 Å². The van der Waals surface area contributed by atoms with Gasteiger partial charge in [0.2, 0.25) is 0 Å². The summed E-state index contributed by atoms with van der Waals surface area (Å²) in [6.45, 7) is 4.30. The molecule has 2 rings (SSSR count). The van der Waals surface area contributed by atoms with E-state index in [-0.39, 0.29) is 36.1 Å². The van der Waals surface area contributed by atoms with Crippen molar-refractivity contribution in [1.29, 1.82) is 0 Å². The number of nitrogens with two attached hydrogens (primary N) is 1. The standard InChI is InChI=1S/C12H17N3O.2ClH/c1-12(8-13)4-6-15(9-12)11(16)10-3-2-5-14-7-10;;/h2-3,5,7H,4,6,8-9,13H2,1H3;2*1H. The first-order valence-electron chi connectivity index (χ1n) is 5.54. The molecule has 2 heterocycles. The molecule has 1 saturated heterocycles. The van der Waals surface area contributed by atoms with E-state index in [4.69, 9.17) is 5.73 Å². The molecule has 4 nitrogen and oxygen atoms in total. The predicted molar refractivity (Wildman–Crippen MR) is 76.4 cm³/mol. The molecule has 2 N–H and O–H groups in total. The molecule has 1 amide bonds. The second-order valence-electron chi connectivity index (χ2n) is 4.73. The number of hydrogen-bond donors (Lipinski definition) is 1. The monoisotopic (exact) mass is 291 g/mol. The Morgan fingerprint density at radius 2 is 2.28 bits per heavy atom. The van der Waals surface area contributed by atoms with Crippen molar-refractivity contribution < 1.29 is 4.79 Å². The fourth-order valence-corrected chi connectivity index (χ4v) is 2.04. The summed E-state index contributed by atoms with van der Waals surface area (Å²) in [4.78, 5) is 17.9. The van der Waals surface area contributed by atoms with Crippen molar-refractivity contribution in [1.82, 2.24) is 9.88 Å². The van der Waals surface area contributed by atoms with Crippen molar-refractivity contribution in [2.45, 2.75) is 13.3 Å². The van der Waals surface area contributed by atoms with E-state index < -0.39 is 0 Å². The lowest BCUT2D eigenvalue weighted by atomic mass is 9.90. The first-order chi connectivity index (χ1) is 7.64. The molecule has 0 aromatic carbocycles. The number of rotatable bonds is 2. The Morgan fingerprint density at radius 3 is 2.78 bits per heavy atom. The van der Waals surface area contributed by atoms with Gasteiger partial charge in [-0.25, -0.2) is 0 Å². The average molecular weight is 292 g/mol. The minimum Gasteiger partial charge on any atom is -0.338 e. The molecule has 1 atom stereocenters. The van der Waals surface area contributed by atoms with Gasteiger partial charge >= 0.3 is 0 Å². The van der Waals surface area contributed by atoms with Crippen LogP contribution in [0.2, 0.25) is 0 Å². The van der Waals surface area contributed by atoms with E-state index in [0.29, 0.717) is 12.1 Å². The SMILES string of the molecule is CC1(CN)CCN(C(=O)c2cccnc2)C1.Cl.Cl. The summed E-state index contributed by atoms with van der Waals surface area (Å²) in [5, 5.41) is 0. The highest BCUT2D eigenvalue weighted by atomic mass is 35.5. The zero-order chi connectivity index (χ0) is 11.6. The summed E-state index contributed by atoms with van der Waals surface area (Å²) in [7, 11) is 0. The third-order valence-electron chi connectivity index (χ3n) is 3.25. The summed E-state index contributed by atoms with van der Waals surface area (Å²) in [5.41, 5.74) is 6.46. The van der Waals surface area contributed by atoms with Gasteiger partial charge in [0.25, 0.3) is 5.91 Å². The van der Waals surface area contributed by atoms with Crippen LogP contribution in [-0.4, -0.2) is 35.4 Å². The lowest BCUT2D eigenvalue weighted by Crippen LogP contribution is -2.34. The third kappa shape index (κ3) is 3.57. The van der Waals surface area contributed by atoms with Crippen molar-refractivity contribution in [3.63, 3.8) is 0 Å². The number of hydrogen-bond acceptors (Lipinski definition) is 3. The number of aromatic nitrogens is 1. The van der Waals surface area contributed by atoms with E-state index in [1.807, 2.05) is 4.90 Å². The van der Waals surface area contributed by atoms with Crippen molar-refractivity contribution in [3.8, 4) is 0 Å². The Labute approximate surface area is 120 Å². The van der Waals surface area contributed by atoms with Crippen molar-refractivity contribution in [2.75, 3.05) is 19.6 Å². The van der Waals surface area contributed by atoms with Crippen LogP contribution >= 0.6 is 24.8 Å². The Kier molecular flexibility index (Phi) is 6.60. The van der Waals surface area contributed by atoms with Gasteiger partial charge in [0, 0.05) is 25.5 Å². The van der Waals surface area contributed by atoms with Gasteiger partial charge in [-0.15, -0.1) is 24.8 Å². The van der Waals surface area contributed by atoms with Crippen LogP contribution < -0.4 is 5.73 Å². The Morgan fingerprint density at radius 1 is 1.56 bits per heavy atom. The van der Waals surface area contributed by atoms with Crippen LogP contribution in [0.3, 0.4) is 0 Å². The van der Waals surface area contributed by atoms with Crippen molar-refractivity contribution in [3.05, 3.63) is 30.1 Å². The van der Waals surface area contributed by atoms with E-state index in [9.17, 15) is 4.79 Å². The van der Waals surface area contributed by atoms with E-state index >= 15 is 0 Å². The molecule has 1 fully saturated rings. The Hall–Kier alpha value is -0.840. The van der Waals surface area contributed by atoms with Gasteiger partial charge in [-0.1, -0.05) is 6.92 Å². The lowest BCUT2D eigenvalue weighted by Gasteiger charge is -2.22. The molecule has 1 aliphatic rings. The fraction of sp³-hybridized carbons (Fsp3) is 0.500. The van der Waals surface area contributed by atoms with E-state index in [1.165, 1.54) is 0 Å². The molecule has 0 aliphatic carbocycles. The third-order valence-corrected chi connectivity index (χ3v) is 3.25. The molecular weight excluding hydrogens is 273 g/mol. The molecule has 1 aromatic heterocycles. The van der Waals surface area contributed by atoms with Crippen molar-refractivity contribution in [2.24, 2.45) is 11.1 Å². The number of halogens is 2. The second kappa shape index (κ2) is 6.92. The van der Waals surface area contributed by atoms with Crippen LogP contribution in [0.1, 0.15) is 23.7 Å². The maximum absolute atomic E-state index is 12.1. The maximum Gasteiger partial charge on any atom is 0.255 e. The van der Waals surface area contributed by atoms with Crippen LogP contribution in [0, 0.1) is 5.41 Å². The molecule has 6 heteroatoms. The highest BCUT2D eigenvalue weighted by molar-refractivity contribution is 5.94. The Balaban J connectivity index is 0.00000144. The molecule has 1 aromatic rings. The van der Waals surface area contributed by atoms with E-state index in [0.717, 1.165) is 19.5 Å². The van der Waals surface area contributed by atoms with Gasteiger partial charge < -0.3 is 10.6 Å². The molecule has 0 spiro atoms. The average Bonchev–Trinajstić information content (AvgIpc) is 2.73. The van der Waals surface area contributed by atoms with Crippen LogP contribution in [0.5, 0.6) is 0 Å². The molecule has 0 radical (unpaired) electrons. The minimum absolute atomic E-state index is 0. The normalized spacial score (nSPS) is 22.0. The molecule has 1 aliphatic heterocycles. The van der Waals surface area contributed by atoms with Gasteiger partial charge in [-0.3, -0.25) is 9.78 Å². The fourth-order valence-electron chi connectivity index (χ4n) is 2.04. The van der Waals surface area contributed by atoms with E-state index in [1.54, 1.807) is 24.5 Å². The number of amides is 1. The molecule has 0 bridgehead atoms.